The van der Waals surface area contributed by atoms with Gasteiger partial charge < -0.3 is 15.2 Å². The van der Waals surface area contributed by atoms with Crippen LogP contribution >= 0.6 is 0 Å². The first-order valence-corrected chi connectivity index (χ1v) is 11.1. The number of anilines is 2. The molecule has 168 valence electrons. The van der Waals surface area contributed by atoms with Crippen molar-refractivity contribution in [2.45, 2.75) is 19.4 Å². The van der Waals surface area contributed by atoms with Crippen molar-refractivity contribution in [2.24, 2.45) is 0 Å². The fourth-order valence-electron chi connectivity index (χ4n) is 4.46. The Morgan fingerprint density at radius 1 is 1.09 bits per heavy atom. The third-order valence-corrected chi connectivity index (χ3v) is 6.62. The molecule has 2 N–H and O–H groups in total. The van der Waals surface area contributed by atoms with E-state index in [1.54, 1.807) is 12.5 Å². The van der Waals surface area contributed by atoms with Crippen molar-refractivity contribution in [3.63, 3.8) is 0 Å². The molecule has 0 spiro atoms. The molecule has 1 aliphatic heterocycles. The van der Waals surface area contributed by atoms with E-state index in [1.165, 1.54) is 0 Å². The second kappa shape index (κ2) is 8.29. The van der Waals surface area contributed by atoms with Gasteiger partial charge in [0.2, 0.25) is 5.82 Å². The van der Waals surface area contributed by atoms with E-state index in [4.69, 9.17) is 0 Å². The molecule has 8 heteroatoms. The summed E-state index contributed by atoms with van der Waals surface area (Å²) >= 11 is 0. The molecular formula is C25H28N7O+. The molecule has 0 aliphatic carbocycles. The van der Waals surface area contributed by atoms with Crippen LogP contribution in [0, 0.1) is 6.92 Å². The molecule has 0 radical (unpaired) electrons. The van der Waals surface area contributed by atoms with Gasteiger partial charge in [-0.15, -0.1) is 0 Å². The number of nitrogens with zero attached hydrogens (tertiary/aromatic N) is 5. The van der Waals surface area contributed by atoms with E-state index in [-0.39, 0.29) is 5.91 Å². The van der Waals surface area contributed by atoms with Gasteiger partial charge in [-0.3, -0.25) is 9.28 Å². The van der Waals surface area contributed by atoms with E-state index in [2.05, 4.69) is 44.2 Å². The van der Waals surface area contributed by atoms with Crippen LogP contribution in [0.15, 0.2) is 61.2 Å². The first kappa shape index (κ1) is 21.1. The molecule has 1 fully saturated rings. The number of aromatic amines is 1. The predicted octanol–water partition coefficient (Wildman–Crippen LogP) is 3.76. The number of pyridine rings is 1. The van der Waals surface area contributed by atoms with E-state index >= 15 is 0 Å². The number of fused-ring (bicyclic) bond motifs is 1. The highest BCUT2D eigenvalue weighted by molar-refractivity contribution is 6.04. The highest BCUT2D eigenvalue weighted by Gasteiger charge is 2.38. The van der Waals surface area contributed by atoms with E-state index in [1.807, 2.05) is 55.6 Å². The van der Waals surface area contributed by atoms with Gasteiger partial charge in [0.25, 0.3) is 5.91 Å². The number of aryl methyl sites for hydroxylation is 1. The lowest BCUT2D eigenvalue weighted by Crippen LogP contribution is -2.51. The quantitative estimate of drug-likeness (QED) is 0.460. The number of carbonyl (C=O) groups is 1. The zero-order chi connectivity index (χ0) is 23.0. The Labute approximate surface area is 192 Å². The van der Waals surface area contributed by atoms with Crippen LogP contribution in [0.3, 0.4) is 0 Å². The summed E-state index contributed by atoms with van der Waals surface area (Å²) in [5, 5.41) is 3.98. The molecule has 8 nitrogen and oxygen atoms in total. The van der Waals surface area contributed by atoms with E-state index in [9.17, 15) is 4.79 Å². The van der Waals surface area contributed by atoms with Gasteiger partial charge in [0, 0.05) is 37.1 Å². The summed E-state index contributed by atoms with van der Waals surface area (Å²) in [6.07, 6.45) is 6.21. The first-order chi connectivity index (χ1) is 15.9. The molecule has 4 aromatic rings. The van der Waals surface area contributed by atoms with Gasteiger partial charge in [-0.1, -0.05) is 17.7 Å². The van der Waals surface area contributed by atoms with Crippen molar-refractivity contribution in [1.29, 1.82) is 0 Å². The Hall–Kier alpha value is -3.78. The molecule has 3 aromatic heterocycles. The summed E-state index contributed by atoms with van der Waals surface area (Å²) < 4.78 is 0.637. The van der Waals surface area contributed by atoms with Gasteiger partial charge in [-0.25, -0.2) is 15.0 Å². The van der Waals surface area contributed by atoms with Crippen LogP contribution in [0.25, 0.3) is 11.0 Å². The highest BCUT2D eigenvalue weighted by Crippen LogP contribution is 2.31. The van der Waals surface area contributed by atoms with Crippen molar-refractivity contribution in [3.05, 3.63) is 72.3 Å². The normalized spacial score (nSPS) is 16.3. The standard InChI is InChI=1S/C25H27N7O/c1-17-4-7-19(8-5-17)30-25(33)18-6-9-22(27-14-18)32(2,3)20-11-13-31(15-20)24-21-10-12-26-23(21)28-16-29-24/h4-10,12,14,16,20H,11,13,15H2,1-3H3,(H-,26,28,29,30,33)/p+1. The number of amides is 1. The van der Waals surface area contributed by atoms with Crippen LogP contribution in [0.5, 0.6) is 0 Å². The maximum Gasteiger partial charge on any atom is 0.257 e. The average molecular weight is 443 g/mol. The van der Waals surface area contributed by atoms with E-state index in [0.29, 0.717) is 16.1 Å². The number of carbonyl (C=O) groups excluding carboxylic acids is 1. The molecule has 4 heterocycles. The van der Waals surface area contributed by atoms with Crippen LogP contribution in [0.1, 0.15) is 22.3 Å². The van der Waals surface area contributed by atoms with Gasteiger partial charge in [-0.2, -0.15) is 0 Å². The lowest BCUT2D eigenvalue weighted by atomic mass is 10.1. The van der Waals surface area contributed by atoms with Gasteiger partial charge in [0.15, 0.2) is 0 Å². The van der Waals surface area contributed by atoms with Gasteiger partial charge >= 0.3 is 0 Å². The molecule has 1 unspecified atom stereocenters. The first-order valence-electron chi connectivity index (χ1n) is 11.1. The number of rotatable bonds is 5. The van der Waals surface area contributed by atoms with Crippen molar-refractivity contribution in [1.82, 2.24) is 24.4 Å². The number of H-pyrrole nitrogens is 1. The van der Waals surface area contributed by atoms with Crippen molar-refractivity contribution >= 4 is 34.3 Å². The Balaban J connectivity index is 1.29. The zero-order valence-corrected chi connectivity index (χ0v) is 19.1. The molecule has 1 aliphatic rings. The number of nitrogens with one attached hydrogen (secondary N) is 2. The highest BCUT2D eigenvalue weighted by atomic mass is 16.1. The molecule has 0 saturated carbocycles. The van der Waals surface area contributed by atoms with E-state index in [0.717, 1.165) is 53.4 Å². The molecular weight excluding hydrogens is 414 g/mol. The van der Waals surface area contributed by atoms with E-state index < -0.39 is 0 Å². The third kappa shape index (κ3) is 4.05. The van der Waals surface area contributed by atoms with Gasteiger partial charge in [0.05, 0.1) is 31.6 Å². The summed E-state index contributed by atoms with van der Waals surface area (Å²) in [5.41, 5.74) is 3.33. The Morgan fingerprint density at radius 3 is 2.67 bits per heavy atom. The monoisotopic (exact) mass is 442 g/mol. The SMILES string of the molecule is Cc1ccc(NC(=O)c2ccc([N+](C)(C)C3CCN(c4ncnc5[nH]ccc45)C3)nc2)cc1. The van der Waals surface area contributed by atoms with Crippen molar-refractivity contribution < 1.29 is 4.79 Å². The van der Waals surface area contributed by atoms with Gasteiger partial charge in [0.1, 0.15) is 23.8 Å². The number of hydrogen-bond acceptors (Lipinski definition) is 5. The summed E-state index contributed by atoms with van der Waals surface area (Å²) in [6, 6.07) is 14.0. The third-order valence-electron chi connectivity index (χ3n) is 6.62. The summed E-state index contributed by atoms with van der Waals surface area (Å²) in [6.45, 7) is 3.83. The predicted molar refractivity (Wildman–Crippen MR) is 132 cm³/mol. The lowest BCUT2D eigenvalue weighted by molar-refractivity contribution is 0.102. The minimum atomic E-state index is -0.158. The maximum absolute atomic E-state index is 12.6. The Kier molecular flexibility index (Phi) is 5.30. The molecule has 1 atom stereocenters. The Morgan fingerprint density at radius 2 is 1.91 bits per heavy atom. The summed E-state index contributed by atoms with van der Waals surface area (Å²) in [5.74, 6) is 1.75. The largest absolute Gasteiger partial charge is 0.350 e. The van der Waals surface area contributed by atoms with Crippen molar-refractivity contribution in [2.75, 3.05) is 37.4 Å². The van der Waals surface area contributed by atoms with Crippen LogP contribution in [-0.2, 0) is 0 Å². The lowest BCUT2D eigenvalue weighted by Gasteiger charge is -2.34. The molecule has 1 saturated heterocycles. The summed E-state index contributed by atoms with van der Waals surface area (Å²) in [7, 11) is 4.35. The number of aromatic nitrogens is 4. The minimum Gasteiger partial charge on any atom is -0.350 e. The molecule has 33 heavy (non-hydrogen) atoms. The van der Waals surface area contributed by atoms with Gasteiger partial charge in [-0.05, 0) is 31.2 Å². The van der Waals surface area contributed by atoms with Crippen LogP contribution < -0.4 is 14.7 Å². The average Bonchev–Trinajstić information content (AvgIpc) is 3.51. The van der Waals surface area contributed by atoms with Crippen LogP contribution in [0.4, 0.5) is 17.3 Å². The number of quaternary nitrogens is 1. The summed E-state index contributed by atoms with van der Waals surface area (Å²) in [4.78, 5) is 31.6. The van der Waals surface area contributed by atoms with Crippen LogP contribution in [0.2, 0.25) is 0 Å². The minimum absolute atomic E-state index is 0.158. The molecule has 1 amide bonds. The number of hydrogen-bond donors (Lipinski definition) is 2. The second-order valence-electron chi connectivity index (χ2n) is 9.09. The second-order valence-corrected chi connectivity index (χ2v) is 9.09. The zero-order valence-electron chi connectivity index (χ0n) is 19.1. The number of benzene rings is 1. The smallest absolute Gasteiger partial charge is 0.257 e. The molecule has 1 aromatic carbocycles. The molecule has 5 rings (SSSR count). The fourth-order valence-corrected chi connectivity index (χ4v) is 4.46. The fraction of sp³-hybridized carbons (Fsp3) is 0.280. The number of likely N-dealkylation sites (N-methyl/N-ethyl adjacent to an activating group) is 1. The van der Waals surface area contributed by atoms with Crippen LogP contribution in [-0.4, -0.2) is 59.1 Å². The van der Waals surface area contributed by atoms with Crippen molar-refractivity contribution in [3.8, 4) is 0 Å². The molecule has 0 bridgehead atoms. The Bertz CT molecular complexity index is 1280. The topological polar surface area (TPSA) is 86.8 Å². The maximum atomic E-state index is 12.6.